The molecule has 0 aromatic carbocycles. The average molecular weight is 250 g/mol. The van der Waals surface area contributed by atoms with Crippen LogP contribution < -0.4 is 0 Å². The quantitative estimate of drug-likeness (QED) is 0.804. The third-order valence-corrected chi connectivity index (χ3v) is 3.95. The summed E-state index contributed by atoms with van der Waals surface area (Å²) in [6, 6.07) is 0. The van der Waals surface area contributed by atoms with E-state index in [1.54, 1.807) is 0 Å². The fourth-order valence-corrected chi connectivity index (χ4v) is 2.80. The van der Waals surface area contributed by atoms with E-state index in [1.165, 1.54) is 18.7 Å². The lowest BCUT2D eigenvalue weighted by atomic mass is 10.0. The molecule has 0 N–H and O–H groups in total. The smallest absolute Gasteiger partial charge is 0.152 e. The molecular formula is C13H22N4O. The molecule has 0 bridgehead atoms. The highest BCUT2D eigenvalue weighted by Crippen LogP contribution is 2.24. The maximum absolute atomic E-state index is 5.36. The number of hydrogen-bond acceptors (Lipinski definition) is 4. The molecule has 1 unspecified atom stereocenters. The van der Waals surface area contributed by atoms with E-state index in [1.807, 2.05) is 0 Å². The minimum absolute atomic E-state index is 0.573. The van der Waals surface area contributed by atoms with Gasteiger partial charge in [-0.3, -0.25) is 4.90 Å². The number of morpholine rings is 1. The van der Waals surface area contributed by atoms with Gasteiger partial charge in [0.25, 0.3) is 0 Å². The molecule has 5 heteroatoms. The fourth-order valence-electron chi connectivity index (χ4n) is 2.80. The summed E-state index contributed by atoms with van der Waals surface area (Å²) in [6.45, 7) is 8.18. The summed E-state index contributed by atoms with van der Waals surface area (Å²) in [5.41, 5.74) is 0. The molecule has 2 aliphatic heterocycles. The molecule has 0 saturated carbocycles. The number of ether oxygens (including phenoxy) is 1. The van der Waals surface area contributed by atoms with Crippen molar-refractivity contribution in [3.63, 3.8) is 0 Å². The molecule has 1 aromatic rings. The number of aryl methyl sites for hydroxylation is 1. The molecule has 0 aliphatic carbocycles. The fraction of sp³-hybridized carbons (Fsp3) is 0.846. The van der Waals surface area contributed by atoms with Crippen molar-refractivity contribution in [1.29, 1.82) is 0 Å². The Bertz CT molecular complexity index is 398. The van der Waals surface area contributed by atoms with Crippen molar-refractivity contribution in [2.24, 2.45) is 0 Å². The summed E-state index contributed by atoms with van der Waals surface area (Å²) in [5.74, 6) is 2.78. The van der Waals surface area contributed by atoms with E-state index >= 15 is 0 Å². The van der Waals surface area contributed by atoms with Crippen molar-refractivity contribution in [2.75, 3.05) is 32.8 Å². The van der Waals surface area contributed by atoms with E-state index < -0.39 is 0 Å². The molecule has 1 saturated heterocycles. The highest BCUT2D eigenvalue weighted by molar-refractivity contribution is 5.01. The van der Waals surface area contributed by atoms with Crippen LogP contribution in [-0.2, 0) is 17.7 Å². The second kappa shape index (κ2) is 5.36. The summed E-state index contributed by atoms with van der Waals surface area (Å²) in [5, 5.41) is 4.63. The summed E-state index contributed by atoms with van der Waals surface area (Å²) >= 11 is 0. The summed E-state index contributed by atoms with van der Waals surface area (Å²) < 4.78 is 7.47. The largest absolute Gasteiger partial charge is 0.379 e. The number of fused-ring (bicyclic) bond motifs is 1. The SMILES string of the molecule is CC1CCCn2nc(CCN3CCOCC3)nc21. The molecule has 1 aromatic heterocycles. The second-order valence-corrected chi connectivity index (χ2v) is 5.36. The predicted molar refractivity (Wildman–Crippen MR) is 68.6 cm³/mol. The van der Waals surface area contributed by atoms with Crippen LogP contribution in [0.5, 0.6) is 0 Å². The van der Waals surface area contributed by atoms with Gasteiger partial charge in [0.15, 0.2) is 5.82 Å². The standard InChI is InChI=1S/C13H22N4O/c1-11-3-2-5-17-13(11)14-12(15-17)4-6-16-7-9-18-10-8-16/h11H,2-10H2,1H3. The van der Waals surface area contributed by atoms with Gasteiger partial charge < -0.3 is 4.74 Å². The lowest BCUT2D eigenvalue weighted by molar-refractivity contribution is 0.0382. The minimum Gasteiger partial charge on any atom is -0.379 e. The first-order valence-corrected chi connectivity index (χ1v) is 7.06. The van der Waals surface area contributed by atoms with Crippen LogP contribution in [0.3, 0.4) is 0 Å². The zero-order valence-electron chi connectivity index (χ0n) is 11.1. The summed E-state index contributed by atoms with van der Waals surface area (Å²) in [7, 11) is 0. The van der Waals surface area contributed by atoms with Gasteiger partial charge in [-0.15, -0.1) is 0 Å². The molecule has 2 aliphatic rings. The Morgan fingerprint density at radius 3 is 2.89 bits per heavy atom. The van der Waals surface area contributed by atoms with Gasteiger partial charge in [0.2, 0.25) is 0 Å². The Balaban J connectivity index is 1.59. The van der Waals surface area contributed by atoms with Gasteiger partial charge in [-0.1, -0.05) is 6.92 Å². The molecule has 18 heavy (non-hydrogen) atoms. The molecule has 0 amide bonds. The van der Waals surface area contributed by atoms with Crippen LogP contribution >= 0.6 is 0 Å². The van der Waals surface area contributed by atoms with Gasteiger partial charge >= 0.3 is 0 Å². The highest BCUT2D eigenvalue weighted by atomic mass is 16.5. The van der Waals surface area contributed by atoms with Crippen LogP contribution in [0.4, 0.5) is 0 Å². The maximum Gasteiger partial charge on any atom is 0.152 e. The van der Waals surface area contributed by atoms with Crippen LogP contribution in [0, 0.1) is 0 Å². The first-order valence-electron chi connectivity index (χ1n) is 7.06. The number of hydrogen-bond donors (Lipinski definition) is 0. The zero-order valence-corrected chi connectivity index (χ0v) is 11.1. The Morgan fingerprint density at radius 2 is 2.11 bits per heavy atom. The van der Waals surface area contributed by atoms with E-state index in [0.29, 0.717) is 5.92 Å². The molecule has 5 nitrogen and oxygen atoms in total. The van der Waals surface area contributed by atoms with Crippen LogP contribution in [-0.4, -0.2) is 52.5 Å². The summed E-state index contributed by atoms with van der Waals surface area (Å²) in [4.78, 5) is 7.15. The zero-order chi connectivity index (χ0) is 12.4. The number of aromatic nitrogens is 3. The predicted octanol–water partition coefficient (Wildman–Crippen LogP) is 1.05. The highest BCUT2D eigenvalue weighted by Gasteiger charge is 2.20. The van der Waals surface area contributed by atoms with Gasteiger partial charge in [0.05, 0.1) is 13.2 Å². The molecule has 100 valence electrons. The minimum atomic E-state index is 0.573. The monoisotopic (exact) mass is 250 g/mol. The van der Waals surface area contributed by atoms with Gasteiger partial charge in [-0.25, -0.2) is 9.67 Å². The van der Waals surface area contributed by atoms with Crippen LogP contribution in [0.15, 0.2) is 0 Å². The van der Waals surface area contributed by atoms with Gasteiger partial charge in [-0.05, 0) is 12.8 Å². The first-order chi connectivity index (χ1) is 8.83. The van der Waals surface area contributed by atoms with Crippen LogP contribution in [0.1, 0.15) is 37.3 Å². The maximum atomic E-state index is 5.36. The third kappa shape index (κ3) is 2.57. The second-order valence-electron chi connectivity index (χ2n) is 5.36. The molecule has 0 radical (unpaired) electrons. The van der Waals surface area contributed by atoms with E-state index in [0.717, 1.165) is 51.6 Å². The van der Waals surface area contributed by atoms with Gasteiger partial charge in [-0.2, -0.15) is 5.10 Å². The van der Waals surface area contributed by atoms with Crippen LogP contribution in [0.2, 0.25) is 0 Å². The Hall–Kier alpha value is -0.940. The molecule has 3 rings (SSSR count). The van der Waals surface area contributed by atoms with Crippen molar-refractivity contribution in [3.05, 3.63) is 11.6 Å². The molecule has 3 heterocycles. The Kier molecular flexibility index (Phi) is 3.61. The van der Waals surface area contributed by atoms with E-state index in [2.05, 4.69) is 21.6 Å². The normalized spacial score (nSPS) is 25.1. The lowest BCUT2D eigenvalue weighted by Crippen LogP contribution is -2.37. The molecular weight excluding hydrogens is 228 g/mol. The first kappa shape index (κ1) is 12.1. The van der Waals surface area contributed by atoms with Gasteiger partial charge in [0.1, 0.15) is 5.82 Å². The van der Waals surface area contributed by atoms with E-state index in [9.17, 15) is 0 Å². The van der Waals surface area contributed by atoms with Gasteiger partial charge in [0, 0.05) is 38.5 Å². The molecule has 1 fully saturated rings. The Morgan fingerprint density at radius 1 is 1.28 bits per heavy atom. The Labute approximate surface area is 108 Å². The van der Waals surface area contributed by atoms with Crippen molar-refractivity contribution in [1.82, 2.24) is 19.7 Å². The molecule has 0 spiro atoms. The molecule has 1 atom stereocenters. The van der Waals surface area contributed by atoms with Crippen LogP contribution in [0.25, 0.3) is 0 Å². The third-order valence-electron chi connectivity index (χ3n) is 3.95. The number of rotatable bonds is 3. The van der Waals surface area contributed by atoms with Crippen molar-refractivity contribution in [2.45, 2.75) is 38.6 Å². The van der Waals surface area contributed by atoms with E-state index in [-0.39, 0.29) is 0 Å². The topological polar surface area (TPSA) is 43.2 Å². The van der Waals surface area contributed by atoms with Crippen molar-refractivity contribution < 1.29 is 4.74 Å². The average Bonchev–Trinajstić information content (AvgIpc) is 2.82. The summed E-state index contributed by atoms with van der Waals surface area (Å²) in [6.07, 6.45) is 3.45. The number of nitrogens with zero attached hydrogens (tertiary/aromatic N) is 4. The lowest BCUT2D eigenvalue weighted by Gasteiger charge is -2.25. The van der Waals surface area contributed by atoms with E-state index in [4.69, 9.17) is 9.72 Å². The van der Waals surface area contributed by atoms with Crippen molar-refractivity contribution >= 4 is 0 Å². The van der Waals surface area contributed by atoms with Crippen molar-refractivity contribution in [3.8, 4) is 0 Å².